The highest BCUT2D eigenvalue weighted by atomic mass is 16.5. The lowest BCUT2D eigenvalue weighted by Gasteiger charge is -2.09. The van der Waals surface area contributed by atoms with Crippen molar-refractivity contribution in [3.8, 4) is 0 Å². The van der Waals surface area contributed by atoms with Gasteiger partial charge in [0.15, 0.2) is 0 Å². The largest absolute Gasteiger partial charge is 0.387 e. The number of ether oxygens (including phenoxy) is 1. The highest BCUT2D eigenvalue weighted by Crippen LogP contribution is 1.90. The Labute approximate surface area is 63.3 Å². The fourth-order valence-electron chi connectivity index (χ4n) is 0.574. The van der Waals surface area contributed by atoms with E-state index in [2.05, 4.69) is 25.7 Å². The molecule has 0 heterocycles. The molecule has 0 rings (SSSR count). The second kappa shape index (κ2) is 5.30. The summed E-state index contributed by atoms with van der Waals surface area (Å²) in [6.45, 7) is 9.68. The highest BCUT2D eigenvalue weighted by molar-refractivity contribution is 4.90. The molecule has 0 spiro atoms. The van der Waals surface area contributed by atoms with Gasteiger partial charge < -0.3 is 10.1 Å². The van der Waals surface area contributed by atoms with E-state index < -0.39 is 0 Å². The highest BCUT2D eigenvalue weighted by Gasteiger charge is 1.93. The molecular formula is C8H17NO. The first-order chi connectivity index (χ1) is 4.66. The van der Waals surface area contributed by atoms with E-state index in [1.54, 1.807) is 7.11 Å². The van der Waals surface area contributed by atoms with E-state index in [-0.39, 0.29) is 0 Å². The average Bonchev–Trinajstić information content (AvgIpc) is 1.85. The maximum atomic E-state index is 4.87. The van der Waals surface area contributed by atoms with Crippen molar-refractivity contribution in [2.75, 3.05) is 20.3 Å². The van der Waals surface area contributed by atoms with Crippen molar-refractivity contribution in [1.29, 1.82) is 0 Å². The molecule has 0 aliphatic heterocycles. The molecule has 0 saturated heterocycles. The molecule has 10 heavy (non-hydrogen) atoms. The molecule has 0 radical (unpaired) electrons. The first-order valence-electron chi connectivity index (χ1n) is 3.57. The van der Waals surface area contributed by atoms with Gasteiger partial charge in [-0.3, -0.25) is 0 Å². The molecule has 0 fully saturated rings. The SMILES string of the molecule is C=C(COC)NCC(C)C. The lowest BCUT2D eigenvalue weighted by molar-refractivity contribution is 0.219. The molecule has 0 aromatic rings. The van der Waals surface area contributed by atoms with Crippen LogP contribution in [0, 0.1) is 5.92 Å². The zero-order valence-corrected chi connectivity index (χ0v) is 7.11. The van der Waals surface area contributed by atoms with E-state index in [0.717, 1.165) is 12.2 Å². The van der Waals surface area contributed by atoms with Gasteiger partial charge in [0.05, 0.1) is 6.61 Å². The maximum Gasteiger partial charge on any atom is 0.0852 e. The minimum absolute atomic E-state index is 0.604. The van der Waals surface area contributed by atoms with E-state index in [1.807, 2.05) is 0 Å². The number of rotatable bonds is 5. The molecule has 60 valence electrons. The topological polar surface area (TPSA) is 21.3 Å². The maximum absolute atomic E-state index is 4.87. The lowest BCUT2D eigenvalue weighted by Crippen LogP contribution is -2.20. The Morgan fingerprint density at radius 2 is 2.20 bits per heavy atom. The van der Waals surface area contributed by atoms with E-state index >= 15 is 0 Å². The zero-order chi connectivity index (χ0) is 7.98. The minimum atomic E-state index is 0.604. The number of hydrogen-bond acceptors (Lipinski definition) is 2. The summed E-state index contributed by atoms with van der Waals surface area (Å²) >= 11 is 0. The summed E-state index contributed by atoms with van der Waals surface area (Å²) in [7, 11) is 1.67. The van der Waals surface area contributed by atoms with Crippen LogP contribution in [0.25, 0.3) is 0 Å². The van der Waals surface area contributed by atoms with Gasteiger partial charge in [-0.2, -0.15) is 0 Å². The normalized spacial score (nSPS) is 10.0. The Hall–Kier alpha value is -0.500. The fraction of sp³-hybridized carbons (Fsp3) is 0.750. The van der Waals surface area contributed by atoms with Crippen LogP contribution in [0.2, 0.25) is 0 Å². The predicted molar refractivity (Wildman–Crippen MR) is 43.9 cm³/mol. The van der Waals surface area contributed by atoms with Crippen LogP contribution < -0.4 is 5.32 Å². The number of methoxy groups -OCH3 is 1. The molecular weight excluding hydrogens is 126 g/mol. The Bertz CT molecular complexity index is 99.4. The Morgan fingerprint density at radius 1 is 1.60 bits per heavy atom. The second-order valence-corrected chi connectivity index (χ2v) is 2.81. The molecule has 0 unspecified atom stereocenters. The fourth-order valence-corrected chi connectivity index (χ4v) is 0.574. The van der Waals surface area contributed by atoms with Gasteiger partial charge in [-0.05, 0) is 5.92 Å². The van der Waals surface area contributed by atoms with E-state index in [0.29, 0.717) is 12.5 Å². The first-order valence-corrected chi connectivity index (χ1v) is 3.57. The van der Waals surface area contributed by atoms with Crippen LogP contribution in [-0.2, 0) is 4.74 Å². The third-order valence-corrected chi connectivity index (χ3v) is 1.08. The van der Waals surface area contributed by atoms with Crippen molar-refractivity contribution in [3.05, 3.63) is 12.3 Å². The van der Waals surface area contributed by atoms with Crippen LogP contribution in [-0.4, -0.2) is 20.3 Å². The summed E-state index contributed by atoms with van der Waals surface area (Å²) in [5, 5.41) is 3.16. The third-order valence-electron chi connectivity index (χ3n) is 1.08. The van der Waals surface area contributed by atoms with E-state index in [9.17, 15) is 0 Å². The van der Waals surface area contributed by atoms with Crippen LogP contribution in [0.1, 0.15) is 13.8 Å². The van der Waals surface area contributed by atoms with Crippen LogP contribution >= 0.6 is 0 Å². The lowest BCUT2D eigenvalue weighted by atomic mass is 10.2. The molecule has 0 atom stereocenters. The van der Waals surface area contributed by atoms with E-state index in [4.69, 9.17) is 4.74 Å². The van der Waals surface area contributed by atoms with Crippen molar-refractivity contribution >= 4 is 0 Å². The first kappa shape index (κ1) is 9.50. The summed E-state index contributed by atoms with van der Waals surface area (Å²) in [5.74, 6) is 0.661. The second-order valence-electron chi connectivity index (χ2n) is 2.81. The van der Waals surface area contributed by atoms with Gasteiger partial charge in [0, 0.05) is 19.4 Å². The van der Waals surface area contributed by atoms with Gasteiger partial charge >= 0.3 is 0 Å². The Balaban J connectivity index is 3.22. The van der Waals surface area contributed by atoms with Gasteiger partial charge in [-0.1, -0.05) is 20.4 Å². The zero-order valence-electron chi connectivity index (χ0n) is 7.11. The molecule has 2 heteroatoms. The van der Waals surface area contributed by atoms with Crippen molar-refractivity contribution in [3.63, 3.8) is 0 Å². The Kier molecular flexibility index (Phi) is 5.03. The van der Waals surface area contributed by atoms with Crippen LogP contribution in [0.5, 0.6) is 0 Å². The standard InChI is InChI=1S/C8H17NO/c1-7(2)5-9-8(3)6-10-4/h7,9H,3,5-6H2,1-2,4H3. The molecule has 0 aromatic heterocycles. The van der Waals surface area contributed by atoms with Gasteiger partial charge in [0.1, 0.15) is 0 Å². The summed E-state index contributed by atoms with van der Waals surface area (Å²) in [6, 6.07) is 0. The van der Waals surface area contributed by atoms with Gasteiger partial charge in [-0.15, -0.1) is 0 Å². The molecule has 1 N–H and O–H groups in total. The average molecular weight is 143 g/mol. The third kappa shape index (κ3) is 5.63. The smallest absolute Gasteiger partial charge is 0.0852 e. The molecule has 0 aliphatic rings. The van der Waals surface area contributed by atoms with Crippen LogP contribution in [0.15, 0.2) is 12.3 Å². The quantitative estimate of drug-likeness (QED) is 0.628. The van der Waals surface area contributed by atoms with Crippen molar-refractivity contribution < 1.29 is 4.74 Å². The predicted octanol–water partition coefficient (Wildman–Crippen LogP) is 1.39. The van der Waals surface area contributed by atoms with Gasteiger partial charge in [-0.25, -0.2) is 0 Å². The summed E-state index contributed by atoms with van der Waals surface area (Å²) in [4.78, 5) is 0. The van der Waals surface area contributed by atoms with Crippen LogP contribution in [0.4, 0.5) is 0 Å². The molecule has 0 bridgehead atoms. The number of nitrogens with one attached hydrogen (secondary N) is 1. The van der Waals surface area contributed by atoms with Crippen molar-refractivity contribution in [2.45, 2.75) is 13.8 Å². The monoisotopic (exact) mass is 143 g/mol. The van der Waals surface area contributed by atoms with Crippen molar-refractivity contribution in [2.24, 2.45) is 5.92 Å². The Morgan fingerprint density at radius 3 is 2.60 bits per heavy atom. The molecule has 0 aliphatic carbocycles. The summed E-state index contributed by atoms with van der Waals surface area (Å²) in [5.41, 5.74) is 0.955. The molecule has 2 nitrogen and oxygen atoms in total. The van der Waals surface area contributed by atoms with Gasteiger partial charge in [0.2, 0.25) is 0 Å². The minimum Gasteiger partial charge on any atom is -0.387 e. The summed E-state index contributed by atoms with van der Waals surface area (Å²) < 4.78 is 4.87. The van der Waals surface area contributed by atoms with Crippen molar-refractivity contribution in [1.82, 2.24) is 5.32 Å². The number of hydrogen-bond donors (Lipinski definition) is 1. The molecule has 0 aromatic carbocycles. The summed E-state index contributed by atoms with van der Waals surface area (Å²) in [6.07, 6.45) is 0. The molecule has 0 amide bonds. The molecule has 0 saturated carbocycles. The van der Waals surface area contributed by atoms with Crippen LogP contribution in [0.3, 0.4) is 0 Å². The van der Waals surface area contributed by atoms with E-state index in [1.165, 1.54) is 0 Å². The van der Waals surface area contributed by atoms with Gasteiger partial charge in [0.25, 0.3) is 0 Å².